The first-order chi connectivity index (χ1) is 28.6. The van der Waals surface area contributed by atoms with E-state index >= 15 is 0 Å². The molecule has 0 heterocycles. The molecule has 0 aliphatic rings. The summed E-state index contributed by atoms with van der Waals surface area (Å²) < 4.78 is 17.2. The van der Waals surface area contributed by atoms with E-state index < -0.39 is 18.1 Å². The lowest BCUT2D eigenvalue weighted by molar-refractivity contribution is -0.887. The zero-order valence-electron chi connectivity index (χ0n) is 38.4. The van der Waals surface area contributed by atoms with Gasteiger partial charge in [0.05, 0.1) is 34.4 Å². The number of nitrogens with zero attached hydrogens (tertiary/aromatic N) is 1. The molecule has 2 atom stereocenters. The lowest BCUT2D eigenvalue weighted by atomic mass is 10.1. The SMILES string of the molecule is CC/C=C/C/C=C/C/C=C/C/C=C/C/C=C/CCC(=O)OCC(COCCC(C(=O)O)[N+](C)(C)C)OC(=O)CCCCCCCCC/C=C/CCCCCCCCCC. The van der Waals surface area contributed by atoms with Gasteiger partial charge in [0.25, 0.3) is 0 Å². The van der Waals surface area contributed by atoms with Gasteiger partial charge in [-0.1, -0.05) is 164 Å². The number of hydrogen-bond acceptors (Lipinski definition) is 6. The number of carboxylic acid groups (broad SMARTS) is 1. The van der Waals surface area contributed by atoms with Gasteiger partial charge in [0.15, 0.2) is 12.1 Å². The van der Waals surface area contributed by atoms with Crippen LogP contribution < -0.4 is 0 Å². The molecule has 0 fully saturated rings. The van der Waals surface area contributed by atoms with Crippen LogP contribution in [-0.4, -0.2) is 80.6 Å². The van der Waals surface area contributed by atoms with E-state index in [1.54, 1.807) is 0 Å². The molecular formula is C51H88NO7+. The molecule has 1 N–H and O–H groups in total. The van der Waals surface area contributed by atoms with Gasteiger partial charge in [0.1, 0.15) is 6.61 Å². The number of quaternary nitrogens is 1. The van der Waals surface area contributed by atoms with Gasteiger partial charge in [0, 0.05) is 19.3 Å². The third-order valence-corrected chi connectivity index (χ3v) is 10.1. The minimum Gasteiger partial charge on any atom is -0.477 e. The van der Waals surface area contributed by atoms with Crippen LogP contribution in [0.5, 0.6) is 0 Å². The molecule has 0 aliphatic carbocycles. The summed E-state index contributed by atoms with van der Waals surface area (Å²) in [5.74, 6) is -1.58. The Bertz CT molecular complexity index is 1190. The molecule has 0 amide bonds. The summed E-state index contributed by atoms with van der Waals surface area (Å²) >= 11 is 0. The highest BCUT2D eigenvalue weighted by Crippen LogP contribution is 2.14. The minimum atomic E-state index is -0.887. The highest BCUT2D eigenvalue weighted by molar-refractivity contribution is 5.72. The predicted octanol–water partition coefficient (Wildman–Crippen LogP) is 13.1. The number of esters is 2. The average Bonchev–Trinajstić information content (AvgIpc) is 3.19. The summed E-state index contributed by atoms with van der Waals surface area (Å²) in [5, 5.41) is 9.63. The lowest BCUT2D eigenvalue weighted by Crippen LogP contribution is -2.50. The van der Waals surface area contributed by atoms with Crippen molar-refractivity contribution in [3.05, 3.63) is 72.9 Å². The largest absolute Gasteiger partial charge is 0.477 e. The Morgan fingerprint density at radius 3 is 1.47 bits per heavy atom. The lowest BCUT2D eigenvalue weighted by Gasteiger charge is -2.31. The molecule has 0 spiro atoms. The third kappa shape index (κ3) is 40.0. The monoisotopic (exact) mass is 827 g/mol. The van der Waals surface area contributed by atoms with Crippen molar-refractivity contribution in [1.29, 1.82) is 0 Å². The summed E-state index contributed by atoms with van der Waals surface area (Å²) in [6.07, 6.45) is 52.5. The van der Waals surface area contributed by atoms with E-state index in [1.807, 2.05) is 33.3 Å². The molecule has 0 aromatic heterocycles. The fraction of sp³-hybridized carbons (Fsp3) is 0.706. The molecule has 0 aromatic carbocycles. The first-order valence-corrected chi connectivity index (χ1v) is 23.5. The fourth-order valence-corrected chi connectivity index (χ4v) is 6.49. The van der Waals surface area contributed by atoms with E-state index in [4.69, 9.17) is 14.2 Å². The van der Waals surface area contributed by atoms with Gasteiger partial charge < -0.3 is 23.8 Å². The highest BCUT2D eigenvalue weighted by Gasteiger charge is 2.31. The van der Waals surface area contributed by atoms with E-state index in [0.717, 1.165) is 51.4 Å². The molecule has 8 heteroatoms. The summed E-state index contributed by atoms with van der Waals surface area (Å²) in [5.41, 5.74) is 0. The molecule has 0 rings (SSSR count). The first kappa shape index (κ1) is 55.8. The van der Waals surface area contributed by atoms with Gasteiger partial charge >= 0.3 is 17.9 Å². The first-order valence-electron chi connectivity index (χ1n) is 23.5. The third-order valence-electron chi connectivity index (χ3n) is 10.1. The predicted molar refractivity (Wildman–Crippen MR) is 247 cm³/mol. The number of hydrogen-bond donors (Lipinski definition) is 1. The van der Waals surface area contributed by atoms with Gasteiger partial charge in [-0.05, 0) is 70.6 Å². The second-order valence-corrected chi connectivity index (χ2v) is 16.6. The van der Waals surface area contributed by atoms with Crippen LogP contribution in [0, 0.1) is 0 Å². The number of likely N-dealkylation sites (N-methyl/N-ethyl adjacent to an activating group) is 1. The number of ether oxygens (including phenoxy) is 3. The van der Waals surface area contributed by atoms with Gasteiger partial charge in [-0.2, -0.15) is 0 Å². The van der Waals surface area contributed by atoms with Crippen molar-refractivity contribution < 1.29 is 38.2 Å². The Morgan fingerprint density at radius 2 is 0.983 bits per heavy atom. The van der Waals surface area contributed by atoms with E-state index in [-0.39, 0.29) is 42.7 Å². The quantitative estimate of drug-likeness (QED) is 0.0284. The van der Waals surface area contributed by atoms with Crippen molar-refractivity contribution >= 4 is 17.9 Å². The van der Waals surface area contributed by atoms with Gasteiger partial charge in [-0.3, -0.25) is 9.59 Å². The molecule has 2 unspecified atom stereocenters. The Kier molecular flexibility index (Phi) is 39.2. The van der Waals surface area contributed by atoms with Crippen molar-refractivity contribution in [1.82, 2.24) is 0 Å². The molecule has 0 saturated carbocycles. The molecule has 0 saturated heterocycles. The van der Waals surface area contributed by atoms with Crippen LogP contribution in [-0.2, 0) is 28.6 Å². The van der Waals surface area contributed by atoms with Gasteiger partial charge in [-0.25, -0.2) is 4.79 Å². The van der Waals surface area contributed by atoms with Crippen molar-refractivity contribution in [3.63, 3.8) is 0 Å². The zero-order chi connectivity index (χ0) is 43.5. The number of aliphatic carboxylic acids is 1. The maximum absolute atomic E-state index is 12.8. The molecule has 0 aliphatic heterocycles. The molecule has 0 radical (unpaired) electrons. The molecule has 59 heavy (non-hydrogen) atoms. The number of rotatable bonds is 41. The van der Waals surface area contributed by atoms with Crippen LogP contribution in [0.4, 0.5) is 0 Å². The maximum Gasteiger partial charge on any atom is 0.362 e. The number of carbonyl (C=O) groups excluding carboxylic acids is 2. The van der Waals surface area contributed by atoms with Crippen molar-refractivity contribution in [2.75, 3.05) is 41.0 Å². The standard InChI is InChI=1S/C51H87NO7/c1-6-8-10-12-14-16-18-20-22-24-25-26-28-30-32-34-36-38-40-42-50(54)59-47(45-57-44-43-48(51(55)56)52(3,4)5)46-58-49(53)41-39-37-35-33-31-29-27-23-21-19-17-15-13-11-9-7-2/h9,11,15,17,21,23-25,29,31,35,37,47-48H,6-8,10,12-14,16,18-20,22,26-28,30,32-34,36,38-46H2,1-5H3/p+1/b11-9+,17-15+,23-21+,25-24+,31-29+,37-35+. The van der Waals surface area contributed by atoms with E-state index in [1.165, 1.54) is 89.9 Å². The second kappa shape index (κ2) is 41.5. The fourth-order valence-electron chi connectivity index (χ4n) is 6.49. The number of carboxylic acids is 1. The van der Waals surface area contributed by atoms with Crippen LogP contribution in [0.1, 0.15) is 181 Å². The average molecular weight is 827 g/mol. The van der Waals surface area contributed by atoms with E-state index in [9.17, 15) is 19.5 Å². The van der Waals surface area contributed by atoms with Crippen LogP contribution in [0.15, 0.2) is 72.9 Å². The number of carbonyl (C=O) groups is 3. The van der Waals surface area contributed by atoms with Crippen molar-refractivity contribution in [2.45, 2.75) is 193 Å². The van der Waals surface area contributed by atoms with Gasteiger partial charge in [-0.15, -0.1) is 0 Å². The highest BCUT2D eigenvalue weighted by atomic mass is 16.6. The smallest absolute Gasteiger partial charge is 0.362 e. The molecule has 0 aromatic rings. The number of unbranched alkanes of at least 4 members (excludes halogenated alkanes) is 15. The summed E-state index contributed by atoms with van der Waals surface area (Å²) in [6.45, 7) is 4.54. The summed E-state index contributed by atoms with van der Waals surface area (Å²) in [4.78, 5) is 37.0. The summed E-state index contributed by atoms with van der Waals surface area (Å²) in [6, 6.07) is -0.629. The van der Waals surface area contributed by atoms with E-state index in [0.29, 0.717) is 19.3 Å². The van der Waals surface area contributed by atoms with Gasteiger partial charge in [0.2, 0.25) is 0 Å². The van der Waals surface area contributed by atoms with E-state index in [2.05, 4.69) is 74.6 Å². The second-order valence-electron chi connectivity index (χ2n) is 16.6. The molecule has 0 bridgehead atoms. The zero-order valence-corrected chi connectivity index (χ0v) is 38.4. The Labute approximate surface area is 361 Å². The molecular weight excluding hydrogens is 739 g/mol. The Morgan fingerprint density at radius 1 is 0.525 bits per heavy atom. The van der Waals surface area contributed by atoms with Crippen LogP contribution >= 0.6 is 0 Å². The minimum absolute atomic E-state index is 0.0334. The Balaban J connectivity index is 4.41. The molecule has 8 nitrogen and oxygen atoms in total. The van der Waals surface area contributed by atoms with Crippen molar-refractivity contribution in [3.8, 4) is 0 Å². The van der Waals surface area contributed by atoms with Crippen molar-refractivity contribution in [2.24, 2.45) is 0 Å². The Hall–Kier alpha value is -3.23. The topological polar surface area (TPSA) is 99.1 Å². The van der Waals surface area contributed by atoms with Crippen LogP contribution in [0.3, 0.4) is 0 Å². The maximum atomic E-state index is 12.8. The number of allylic oxidation sites excluding steroid dienone is 12. The van der Waals surface area contributed by atoms with Crippen LogP contribution in [0.25, 0.3) is 0 Å². The van der Waals surface area contributed by atoms with Crippen LogP contribution in [0.2, 0.25) is 0 Å². The normalized spacial score (nSPS) is 13.6. The summed E-state index contributed by atoms with van der Waals surface area (Å²) in [7, 11) is 5.50. The molecule has 338 valence electrons.